The Balaban J connectivity index is 3.07. The van der Waals surface area contributed by atoms with Gasteiger partial charge in [-0.3, -0.25) is 0 Å². The second-order valence-corrected chi connectivity index (χ2v) is 4.21. The summed E-state index contributed by atoms with van der Waals surface area (Å²) >= 11 is 1.49. The summed E-state index contributed by atoms with van der Waals surface area (Å²) in [5, 5.41) is 3.71. The van der Waals surface area contributed by atoms with Gasteiger partial charge in [-0.2, -0.15) is 0 Å². The van der Waals surface area contributed by atoms with Gasteiger partial charge in [0.15, 0.2) is 0 Å². The summed E-state index contributed by atoms with van der Waals surface area (Å²) in [6.07, 6.45) is 0. The molecule has 0 amide bonds. The molecule has 0 aliphatic carbocycles. The smallest absolute Gasteiger partial charge is 0.338 e. The predicted molar refractivity (Wildman–Crippen MR) is 73.8 cm³/mol. The minimum absolute atomic E-state index is 0.278. The molecule has 3 heteroatoms. The lowest BCUT2D eigenvalue weighted by Crippen LogP contribution is -2.07. The fourth-order valence-electron chi connectivity index (χ4n) is 1.43. The fourth-order valence-corrected chi connectivity index (χ4v) is 1.85. The molecule has 1 rings (SSSR count). The number of benzene rings is 1. The molecular weight excluding hydrogens is 232 g/mol. The lowest BCUT2D eigenvalue weighted by molar-refractivity contribution is 0.0526. The molecule has 0 bridgehead atoms. The van der Waals surface area contributed by atoms with Gasteiger partial charge < -0.3 is 4.74 Å². The molecule has 0 heterocycles. The molecule has 0 saturated carbocycles. The zero-order valence-corrected chi connectivity index (χ0v) is 10.9. The van der Waals surface area contributed by atoms with Crippen molar-refractivity contribution in [2.45, 2.75) is 13.8 Å². The molecule has 0 aliphatic heterocycles. The maximum atomic E-state index is 11.8. The number of hydrogen-bond donors (Lipinski definition) is 0. The third kappa shape index (κ3) is 3.79. The van der Waals surface area contributed by atoms with Crippen LogP contribution in [0.1, 0.15) is 29.8 Å². The zero-order chi connectivity index (χ0) is 12.7. The van der Waals surface area contributed by atoms with Gasteiger partial charge in [0.2, 0.25) is 0 Å². The molecule has 0 aliphatic rings. The van der Waals surface area contributed by atoms with Gasteiger partial charge >= 0.3 is 5.97 Å². The molecule has 1 aromatic carbocycles. The minimum Gasteiger partial charge on any atom is -0.462 e. The first-order chi connectivity index (χ1) is 8.20. The van der Waals surface area contributed by atoms with Crippen LogP contribution in [0.25, 0.3) is 5.57 Å². The van der Waals surface area contributed by atoms with E-state index in [2.05, 4.69) is 6.58 Å². The van der Waals surface area contributed by atoms with E-state index in [1.165, 1.54) is 11.8 Å². The normalized spacial score (nSPS) is 11.1. The Morgan fingerprint density at radius 2 is 2.06 bits per heavy atom. The topological polar surface area (TPSA) is 26.3 Å². The molecule has 0 spiro atoms. The van der Waals surface area contributed by atoms with E-state index in [4.69, 9.17) is 4.74 Å². The molecule has 2 nitrogen and oxygen atoms in total. The van der Waals surface area contributed by atoms with Crippen molar-refractivity contribution in [3.05, 3.63) is 52.8 Å². The summed E-state index contributed by atoms with van der Waals surface area (Å²) in [7, 11) is 0. The number of hydrogen-bond acceptors (Lipinski definition) is 3. The molecule has 0 unspecified atom stereocenters. The number of esters is 1. The fraction of sp³-hybridized carbons (Fsp3) is 0.214. The summed E-state index contributed by atoms with van der Waals surface area (Å²) < 4.78 is 5.03. The Labute approximate surface area is 106 Å². The van der Waals surface area contributed by atoms with E-state index in [0.717, 1.165) is 11.1 Å². The van der Waals surface area contributed by atoms with Crippen molar-refractivity contribution < 1.29 is 9.53 Å². The first-order valence-electron chi connectivity index (χ1n) is 5.40. The van der Waals surface area contributed by atoms with E-state index in [0.29, 0.717) is 12.2 Å². The monoisotopic (exact) mass is 248 g/mol. The van der Waals surface area contributed by atoms with E-state index in [1.54, 1.807) is 18.4 Å². The highest BCUT2D eigenvalue weighted by Gasteiger charge is 2.12. The number of allylic oxidation sites excluding steroid dienone is 1. The van der Waals surface area contributed by atoms with Crippen LogP contribution in [-0.4, -0.2) is 12.6 Å². The third-order valence-electron chi connectivity index (χ3n) is 2.19. The van der Waals surface area contributed by atoms with Gasteiger partial charge in [-0.05, 0) is 41.9 Å². The van der Waals surface area contributed by atoms with Crippen molar-refractivity contribution in [3.63, 3.8) is 0 Å². The molecular formula is C14H16O2S. The predicted octanol–water partition coefficient (Wildman–Crippen LogP) is 4.10. The van der Waals surface area contributed by atoms with Gasteiger partial charge in [0.1, 0.15) is 0 Å². The molecule has 0 fully saturated rings. The highest BCUT2D eigenvalue weighted by Crippen LogP contribution is 2.22. The Kier molecular flexibility index (Phi) is 5.57. The molecule has 90 valence electrons. The van der Waals surface area contributed by atoms with Crippen LogP contribution in [0.4, 0.5) is 0 Å². The van der Waals surface area contributed by atoms with Gasteiger partial charge in [-0.25, -0.2) is 4.79 Å². The van der Waals surface area contributed by atoms with Crippen LogP contribution < -0.4 is 0 Å². The summed E-state index contributed by atoms with van der Waals surface area (Å²) in [6, 6.07) is 7.45. The summed E-state index contributed by atoms with van der Waals surface area (Å²) in [5.41, 5.74) is 2.53. The number of ether oxygens (including phenoxy) is 1. The van der Waals surface area contributed by atoms with Gasteiger partial charge in [0.25, 0.3) is 0 Å². The summed E-state index contributed by atoms with van der Waals surface area (Å²) in [6.45, 7) is 7.80. The number of thioether (sulfide) groups is 1. The van der Waals surface area contributed by atoms with Crippen LogP contribution in [0.5, 0.6) is 0 Å². The molecule has 0 radical (unpaired) electrons. The highest BCUT2D eigenvalue weighted by molar-refractivity contribution is 8.05. The van der Waals surface area contributed by atoms with Gasteiger partial charge in [-0.15, -0.1) is 11.8 Å². The summed E-state index contributed by atoms with van der Waals surface area (Å²) in [4.78, 5) is 11.8. The van der Waals surface area contributed by atoms with Gasteiger partial charge in [-0.1, -0.05) is 24.8 Å². The lowest BCUT2D eigenvalue weighted by Gasteiger charge is -2.08. The van der Waals surface area contributed by atoms with E-state index in [9.17, 15) is 4.79 Å². The van der Waals surface area contributed by atoms with Crippen molar-refractivity contribution in [2.24, 2.45) is 0 Å². The van der Waals surface area contributed by atoms with Crippen molar-refractivity contribution >= 4 is 23.3 Å². The second kappa shape index (κ2) is 6.97. The Bertz CT molecular complexity index is 436. The quantitative estimate of drug-likeness (QED) is 0.734. The van der Waals surface area contributed by atoms with Crippen LogP contribution in [-0.2, 0) is 4.74 Å². The highest BCUT2D eigenvalue weighted by atomic mass is 32.2. The minimum atomic E-state index is -0.278. The molecule has 0 N–H and O–H groups in total. The molecule has 0 aromatic heterocycles. The summed E-state index contributed by atoms with van der Waals surface area (Å²) in [5.74, 6) is -0.278. The van der Waals surface area contributed by atoms with Crippen molar-refractivity contribution in [1.29, 1.82) is 0 Å². The third-order valence-corrected chi connectivity index (χ3v) is 2.87. The number of rotatable bonds is 5. The van der Waals surface area contributed by atoms with Crippen LogP contribution in [0.2, 0.25) is 0 Å². The Hall–Kier alpha value is -1.48. The van der Waals surface area contributed by atoms with E-state index in [-0.39, 0.29) is 5.97 Å². The van der Waals surface area contributed by atoms with Gasteiger partial charge in [0.05, 0.1) is 12.2 Å². The molecule has 17 heavy (non-hydrogen) atoms. The van der Waals surface area contributed by atoms with Crippen molar-refractivity contribution in [3.8, 4) is 0 Å². The zero-order valence-electron chi connectivity index (χ0n) is 10.1. The van der Waals surface area contributed by atoms with Crippen LogP contribution in [0.15, 0.2) is 41.7 Å². The average Bonchev–Trinajstić information content (AvgIpc) is 2.36. The number of carbonyl (C=O) groups excluding carboxylic acids is 1. The molecule has 0 saturated heterocycles. The molecule has 0 atom stereocenters. The van der Waals surface area contributed by atoms with Crippen molar-refractivity contribution in [2.75, 3.05) is 6.61 Å². The maximum Gasteiger partial charge on any atom is 0.338 e. The standard InChI is InChI=1S/C14H16O2S/c1-4-16-14(15)13-9-7-6-8-12(13)11(3)10-17-5-2/h5-10H,2,4H2,1,3H3. The first kappa shape index (κ1) is 13.6. The Morgan fingerprint density at radius 3 is 2.65 bits per heavy atom. The van der Waals surface area contributed by atoms with Crippen LogP contribution >= 0.6 is 11.8 Å². The van der Waals surface area contributed by atoms with Crippen molar-refractivity contribution in [1.82, 2.24) is 0 Å². The first-order valence-corrected chi connectivity index (χ1v) is 6.34. The van der Waals surface area contributed by atoms with Crippen LogP contribution in [0, 0.1) is 0 Å². The van der Waals surface area contributed by atoms with E-state index < -0.39 is 0 Å². The van der Waals surface area contributed by atoms with E-state index in [1.807, 2.05) is 30.5 Å². The Morgan fingerprint density at radius 1 is 1.41 bits per heavy atom. The van der Waals surface area contributed by atoms with E-state index >= 15 is 0 Å². The van der Waals surface area contributed by atoms with Gasteiger partial charge in [0, 0.05) is 0 Å². The SMILES string of the molecule is C=CSC=C(C)c1ccccc1C(=O)OCC. The number of carbonyl (C=O) groups is 1. The maximum absolute atomic E-state index is 11.8. The van der Waals surface area contributed by atoms with Crippen LogP contribution in [0.3, 0.4) is 0 Å². The largest absolute Gasteiger partial charge is 0.462 e. The average molecular weight is 248 g/mol. The second-order valence-electron chi connectivity index (χ2n) is 3.37. The lowest BCUT2D eigenvalue weighted by atomic mass is 10.0. The molecule has 1 aromatic rings.